The molecule has 0 bridgehead atoms. The summed E-state index contributed by atoms with van der Waals surface area (Å²) in [7, 11) is -1.50. The second kappa shape index (κ2) is 14.7. The molecule has 0 aliphatic carbocycles. The largest absolute Gasteiger partial charge is 0.333 e. The van der Waals surface area contributed by atoms with Crippen LogP contribution in [-0.4, -0.2) is 19.8 Å². The lowest BCUT2D eigenvalue weighted by Gasteiger charge is -2.14. The fraction of sp³-hybridized carbons (Fsp3) is 0.625. The average molecular weight is 324 g/mol. The Morgan fingerprint density at radius 2 is 1.55 bits per heavy atom. The summed E-state index contributed by atoms with van der Waals surface area (Å²) >= 11 is 0. The number of nitrogens with zero attached hydrogens (tertiary/aromatic N) is 2. The summed E-state index contributed by atoms with van der Waals surface area (Å²) in [6.45, 7) is 7.21. The van der Waals surface area contributed by atoms with E-state index in [9.17, 15) is 0 Å². The Kier molecular flexibility index (Phi) is 13.9. The molecule has 0 aromatic heterocycles. The highest BCUT2D eigenvalue weighted by Crippen LogP contribution is 2.39. The van der Waals surface area contributed by atoms with Gasteiger partial charge in [-0.05, 0) is 33.6 Å². The predicted molar refractivity (Wildman–Crippen MR) is 87.7 cm³/mol. The number of rotatable bonds is 12. The van der Waals surface area contributed by atoms with Gasteiger partial charge in [0, 0.05) is 0 Å². The highest BCUT2D eigenvalue weighted by molar-refractivity contribution is 7.41. The Morgan fingerprint density at radius 1 is 0.955 bits per heavy atom. The molecule has 5 nitrogen and oxygen atoms in total. The molecule has 6 heteroatoms. The number of allylic oxidation sites excluding steroid dienone is 3. The van der Waals surface area contributed by atoms with Crippen LogP contribution in [-0.2, 0) is 13.6 Å². The van der Waals surface area contributed by atoms with Gasteiger partial charge in [-0.3, -0.25) is 0 Å². The fourth-order valence-corrected chi connectivity index (χ4v) is 2.27. The van der Waals surface area contributed by atoms with Crippen LogP contribution >= 0.6 is 8.60 Å². The van der Waals surface area contributed by atoms with Crippen LogP contribution in [0.1, 0.15) is 46.5 Å². The standard InChI is InChI=1S/C16H25N2O3P/c1-15(2)7-4-8-16(3)9-14-21-22(19-12-5-10-17)20-13-6-11-18/h7,9H,4-6,8,12-14H2,1-3H3/b16-9+. The lowest BCUT2D eigenvalue weighted by Crippen LogP contribution is -1.98. The molecule has 0 unspecified atom stereocenters. The highest BCUT2D eigenvalue weighted by Gasteiger charge is 2.11. The molecule has 0 aromatic carbocycles. The molecule has 0 heterocycles. The van der Waals surface area contributed by atoms with E-state index in [0.717, 1.165) is 12.8 Å². The maximum absolute atomic E-state index is 8.50. The number of nitriles is 2. The third-order valence-electron chi connectivity index (χ3n) is 2.52. The van der Waals surface area contributed by atoms with E-state index in [1.165, 1.54) is 11.1 Å². The first-order valence-corrected chi connectivity index (χ1v) is 8.41. The van der Waals surface area contributed by atoms with Crippen LogP contribution in [0.25, 0.3) is 0 Å². The first-order valence-electron chi connectivity index (χ1n) is 7.32. The van der Waals surface area contributed by atoms with Crippen molar-refractivity contribution in [3.05, 3.63) is 23.3 Å². The maximum atomic E-state index is 8.50. The minimum atomic E-state index is -1.50. The van der Waals surface area contributed by atoms with E-state index in [4.69, 9.17) is 24.1 Å². The molecule has 122 valence electrons. The van der Waals surface area contributed by atoms with Crippen LogP contribution < -0.4 is 0 Å². The monoisotopic (exact) mass is 324 g/mol. The summed E-state index contributed by atoms with van der Waals surface area (Å²) in [5.41, 5.74) is 2.57. The zero-order chi connectivity index (χ0) is 16.6. The first kappa shape index (κ1) is 20.8. The van der Waals surface area contributed by atoms with Gasteiger partial charge in [0.05, 0.1) is 44.8 Å². The molecule has 0 rings (SSSR count). The van der Waals surface area contributed by atoms with E-state index in [-0.39, 0.29) is 13.2 Å². The van der Waals surface area contributed by atoms with Gasteiger partial charge < -0.3 is 13.6 Å². The molecule has 0 saturated carbocycles. The Labute approximate surface area is 135 Å². The molecular weight excluding hydrogens is 299 g/mol. The second-order valence-corrected chi connectivity index (χ2v) is 6.09. The summed E-state index contributed by atoms with van der Waals surface area (Å²) in [6, 6.07) is 4.00. The summed E-state index contributed by atoms with van der Waals surface area (Å²) < 4.78 is 16.3. The van der Waals surface area contributed by atoms with Crippen molar-refractivity contribution in [1.29, 1.82) is 10.5 Å². The summed E-state index contributed by atoms with van der Waals surface area (Å²) in [6.07, 6.45) is 6.83. The van der Waals surface area contributed by atoms with Gasteiger partial charge in [-0.2, -0.15) is 10.5 Å². The van der Waals surface area contributed by atoms with Crippen molar-refractivity contribution in [2.45, 2.75) is 46.5 Å². The number of hydrogen-bond donors (Lipinski definition) is 0. The molecular formula is C16H25N2O3P. The minimum Gasteiger partial charge on any atom is -0.311 e. The molecule has 0 fully saturated rings. The van der Waals surface area contributed by atoms with Crippen molar-refractivity contribution in [3.8, 4) is 12.1 Å². The highest BCUT2D eigenvalue weighted by atomic mass is 31.2. The van der Waals surface area contributed by atoms with Gasteiger partial charge in [-0.1, -0.05) is 23.3 Å². The molecule has 0 atom stereocenters. The zero-order valence-electron chi connectivity index (χ0n) is 13.7. The van der Waals surface area contributed by atoms with Gasteiger partial charge in [0.1, 0.15) is 0 Å². The Bertz CT molecular complexity index is 412. The molecule has 0 N–H and O–H groups in total. The van der Waals surface area contributed by atoms with E-state index in [1.54, 1.807) is 0 Å². The van der Waals surface area contributed by atoms with Gasteiger partial charge in [0.2, 0.25) is 0 Å². The third-order valence-corrected chi connectivity index (χ3v) is 3.67. The molecule has 0 aliphatic rings. The number of hydrogen-bond acceptors (Lipinski definition) is 5. The Hall–Kier alpha value is -1.23. The van der Waals surface area contributed by atoms with E-state index < -0.39 is 8.60 Å². The molecule has 0 aromatic rings. The smallest absolute Gasteiger partial charge is 0.311 e. The molecule has 0 saturated heterocycles. The van der Waals surface area contributed by atoms with Crippen LogP contribution in [0.3, 0.4) is 0 Å². The van der Waals surface area contributed by atoms with E-state index in [0.29, 0.717) is 19.4 Å². The average Bonchev–Trinajstić information content (AvgIpc) is 2.47. The van der Waals surface area contributed by atoms with E-state index >= 15 is 0 Å². The topological polar surface area (TPSA) is 75.3 Å². The molecule has 0 amide bonds. The van der Waals surface area contributed by atoms with Crippen LogP contribution in [0.4, 0.5) is 0 Å². The van der Waals surface area contributed by atoms with Gasteiger partial charge in [0.25, 0.3) is 0 Å². The van der Waals surface area contributed by atoms with Gasteiger partial charge in [-0.25, -0.2) is 0 Å². The van der Waals surface area contributed by atoms with Crippen molar-refractivity contribution in [2.75, 3.05) is 19.8 Å². The summed E-state index contributed by atoms with van der Waals surface area (Å²) in [4.78, 5) is 0. The lowest BCUT2D eigenvalue weighted by molar-refractivity contribution is 0.175. The SMILES string of the molecule is CC(C)=CCC/C(C)=C/COP(OCCC#N)OCCC#N. The predicted octanol–water partition coefficient (Wildman–Crippen LogP) is 4.78. The summed E-state index contributed by atoms with van der Waals surface area (Å²) in [5.74, 6) is 0. The van der Waals surface area contributed by atoms with Crippen molar-refractivity contribution in [1.82, 2.24) is 0 Å². The summed E-state index contributed by atoms with van der Waals surface area (Å²) in [5, 5.41) is 17.0. The van der Waals surface area contributed by atoms with Gasteiger partial charge in [0.15, 0.2) is 0 Å². The first-order chi connectivity index (χ1) is 10.6. The third kappa shape index (κ3) is 13.7. The maximum Gasteiger partial charge on any atom is 0.333 e. The molecule has 0 spiro atoms. The Balaban J connectivity index is 4.10. The van der Waals surface area contributed by atoms with Crippen LogP contribution in [0.2, 0.25) is 0 Å². The Morgan fingerprint density at radius 3 is 2.05 bits per heavy atom. The van der Waals surface area contributed by atoms with Crippen LogP contribution in [0.15, 0.2) is 23.3 Å². The lowest BCUT2D eigenvalue weighted by atomic mass is 10.1. The zero-order valence-corrected chi connectivity index (χ0v) is 14.6. The molecule has 0 radical (unpaired) electrons. The van der Waals surface area contributed by atoms with E-state index in [2.05, 4.69) is 26.8 Å². The van der Waals surface area contributed by atoms with Crippen molar-refractivity contribution in [3.63, 3.8) is 0 Å². The minimum absolute atomic E-state index is 0.276. The normalized spacial score (nSPS) is 11.1. The second-order valence-electron chi connectivity index (χ2n) is 4.87. The van der Waals surface area contributed by atoms with Crippen LogP contribution in [0, 0.1) is 22.7 Å². The van der Waals surface area contributed by atoms with Crippen molar-refractivity contribution >= 4 is 8.60 Å². The fourth-order valence-electron chi connectivity index (χ4n) is 1.37. The van der Waals surface area contributed by atoms with Crippen LogP contribution in [0.5, 0.6) is 0 Å². The van der Waals surface area contributed by atoms with Gasteiger partial charge in [-0.15, -0.1) is 0 Å². The van der Waals surface area contributed by atoms with Crippen molar-refractivity contribution < 1.29 is 13.6 Å². The molecule has 0 aliphatic heterocycles. The quantitative estimate of drug-likeness (QED) is 0.293. The van der Waals surface area contributed by atoms with Gasteiger partial charge >= 0.3 is 8.60 Å². The molecule has 22 heavy (non-hydrogen) atoms. The van der Waals surface area contributed by atoms with E-state index in [1.807, 2.05) is 18.2 Å². The van der Waals surface area contributed by atoms with Crippen molar-refractivity contribution in [2.24, 2.45) is 0 Å².